The lowest BCUT2D eigenvalue weighted by atomic mass is 10.1. The zero-order valence-corrected chi connectivity index (χ0v) is 14.6. The van der Waals surface area contributed by atoms with E-state index in [4.69, 9.17) is 0 Å². The number of thioether (sulfide) groups is 1. The summed E-state index contributed by atoms with van der Waals surface area (Å²) in [5.74, 6) is 2.28. The van der Waals surface area contributed by atoms with Crippen LogP contribution < -0.4 is 10.6 Å². The second kappa shape index (κ2) is 8.93. The van der Waals surface area contributed by atoms with Crippen LogP contribution in [0, 0.1) is 0 Å². The normalized spacial score (nSPS) is 19.8. The lowest BCUT2D eigenvalue weighted by Gasteiger charge is -2.23. The molecule has 1 aliphatic rings. The predicted octanol–water partition coefficient (Wildman–Crippen LogP) is 3.14. The van der Waals surface area contributed by atoms with Gasteiger partial charge in [0.15, 0.2) is 0 Å². The highest BCUT2D eigenvalue weighted by molar-refractivity contribution is 9.10. The van der Waals surface area contributed by atoms with Crippen LogP contribution in [0.15, 0.2) is 28.7 Å². The van der Waals surface area contributed by atoms with Gasteiger partial charge in [0, 0.05) is 35.0 Å². The molecule has 112 valence electrons. The third-order valence-electron chi connectivity index (χ3n) is 3.18. The van der Waals surface area contributed by atoms with Crippen LogP contribution in [0.5, 0.6) is 0 Å². The van der Waals surface area contributed by atoms with Crippen molar-refractivity contribution in [2.24, 2.45) is 0 Å². The van der Waals surface area contributed by atoms with Gasteiger partial charge in [-0.2, -0.15) is 11.8 Å². The quantitative estimate of drug-likeness (QED) is 0.844. The molecule has 1 heterocycles. The molecule has 0 bridgehead atoms. The summed E-state index contributed by atoms with van der Waals surface area (Å²) in [6.45, 7) is 3.02. The number of halogens is 2. The summed E-state index contributed by atoms with van der Waals surface area (Å²) in [5, 5.41) is 6.45. The van der Waals surface area contributed by atoms with Crippen LogP contribution in [0.2, 0.25) is 0 Å². The van der Waals surface area contributed by atoms with Crippen molar-refractivity contribution >= 4 is 46.0 Å². The van der Waals surface area contributed by atoms with Crippen molar-refractivity contribution in [2.75, 3.05) is 18.1 Å². The van der Waals surface area contributed by atoms with Gasteiger partial charge < -0.3 is 10.6 Å². The number of carbonyl (C=O) groups excluding carboxylic acids is 1. The molecule has 0 spiro atoms. The van der Waals surface area contributed by atoms with Crippen LogP contribution in [0.1, 0.15) is 24.9 Å². The van der Waals surface area contributed by atoms with Crippen LogP contribution in [0.4, 0.5) is 0 Å². The summed E-state index contributed by atoms with van der Waals surface area (Å²) in [6, 6.07) is 8.33. The first kappa shape index (κ1) is 17.8. The molecule has 0 aromatic heterocycles. The number of rotatable bonds is 4. The highest BCUT2D eigenvalue weighted by Crippen LogP contribution is 2.22. The Morgan fingerprint density at radius 2 is 2.30 bits per heavy atom. The summed E-state index contributed by atoms with van der Waals surface area (Å²) in [7, 11) is 0. The SMILES string of the molecule is CC(NC(=O)CC1CSCCN1)c1ccccc1Br.Cl. The molecule has 1 aliphatic heterocycles. The molecule has 2 unspecified atom stereocenters. The average molecular weight is 380 g/mol. The summed E-state index contributed by atoms with van der Waals surface area (Å²) in [4.78, 5) is 12.0. The molecule has 1 saturated heterocycles. The van der Waals surface area contributed by atoms with E-state index in [0.29, 0.717) is 12.5 Å². The van der Waals surface area contributed by atoms with E-state index >= 15 is 0 Å². The van der Waals surface area contributed by atoms with Gasteiger partial charge in [0.2, 0.25) is 5.91 Å². The fraction of sp³-hybridized carbons (Fsp3) is 0.500. The van der Waals surface area contributed by atoms with Crippen LogP contribution in [-0.2, 0) is 4.79 Å². The summed E-state index contributed by atoms with van der Waals surface area (Å²) in [6.07, 6.45) is 0.557. The Hall–Kier alpha value is -0.230. The lowest BCUT2D eigenvalue weighted by molar-refractivity contribution is -0.122. The first-order valence-corrected chi connectivity index (χ1v) is 8.46. The molecule has 3 nitrogen and oxygen atoms in total. The molecule has 2 atom stereocenters. The van der Waals surface area contributed by atoms with Gasteiger partial charge in [0.05, 0.1) is 6.04 Å². The molecular weight excluding hydrogens is 360 g/mol. The molecule has 0 aliphatic carbocycles. The number of carbonyl (C=O) groups is 1. The van der Waals surface area contributed by atoms with E-state index in [1.807, 2.05) is 43.0 Å². The minimum atomic E-state index is 0. The molecule has 2 N–H and O–H groups in total. The predicted molar refractivity (Wildman–Crippen MR) is 91.7 cm³/mol. The second-order valence-corrected chi connectivity index (χ2v) is 6.74. The number of hydrogen-bond donors (Lipinski definition) is 2. The fourth-order valence-corrected chi connectivity index (χ4v) is 3.76. The molecule has 1 fully saturated rings. The third kappa shape index (κ3) is 5.28. The van der Waals surface area contributed by atoms with Gasteiger partial charge in [-0.25, -0.2) is 0 Å². The van der Waals surface area contributed by atoms with Gasteiger partial charge in [-0.3, -0.25) is 4.79 Å². The van der Waals surface area contributed by atoms with Gasteiger partial charge in [0.1, 0.15) is 0 Å². The lowest BCUT2D eigenvalue weighted by Crippen LogP contribution is -2.41. The van der Waals surface area contributed by atoms with E-state index in [9.17, 15) is 4.79 Å². The Balaban J connectivity index is 0.00000200. The molecule has 6 heteroatoms. The van der Waals surface area contributed by atoms with Crippen LogP contribution >= 0.6 is 40.1 Å². The van der Waals surface area contributed by atoms with Crippen molar-refractivity contribution in [3.05, 3.63) is 34.3 Å². The molecule has 1 amide bonds. The third-order valence-corrected chi connectivity index (χ3v) is 5.03. The Bertz CT molecular complexity index is 441. The van der Waals surface area contributed by atoms with Gasteiger partial charge in [-0.05, 0) is 18.6 Å². The highest BCUT2D eigenvalue weighted by Gasteiger charge is 2.18. The minimum Gasteiger partial charge on any atom is -0.349 e. The monoisotopic (exact) mass is 378 g/mol. The maximum Gasteiger partial charge on any atom is 0.222 e. The van der Waals surface area contributed by atoms with E-state index in [2.05, 4.69) is 26.6 Å². The largest absolute Gasteiger partial charge is 0.349 e. The van der Waals surface area contributed by atoms with Crippen molar-refractivity contribution in [2.45, 2.75) is 25.4 Å². The molecule has 0 saturated carbocycles. The van der Waals surface area contributed by atoms with Gasteiger partial charge in [-0.1, -0.05) is 34.1 Å². The van der Waals surface area contributed by atoms with Crippen molar-refractivity contribution in [1.29, 1.82) is 0 Å². The van der Waals surface area contributed by atoms with E-state index in [1.54, 1.807) is 0 Å². The fourth-order valence-electron chi connectivity index (χ4n) is 2.18. The van der Waals surface area contributed by atoms with E-state index < -0.39 is 0 Å². The maximum atomic E-state index is 12.0. The molecule has 2 rings (SSSR count). The molecular formula is C14H20BrClN2OS. The topological polar surface area (TPSA) is 41.1 Å². The Morgan fingerprint density at radius 3 is 2.95 bits per heavy atom. The van der Waals surface area contributed by atoms with Crippen molar-refractivity contribution in [3.8, 4) is 0 Å². The molecule has 20 heavy (non-hydrogen) atoms. The second-order valence-electron chi connectivity index (χ2n) is 4.74. The summed E-state index contributed by atoms with van der Waals surface area (Å²) < 4.78 is 1.04. The average Bonchev–Trinajstić information content (AvgIpc) is 2.40. The van der Waals surface area contributed by atoms with Gasteiger partial charge >= 0.3 is 0 Å². The number of benzene rings is 1. The van der Waals surface area contributed by atoms with Crippen molar-refractivity contribution < 1.29 is 4.79 Å². The van der Waals surface area contributed by atoms with Crippen LogP contribution in [-0.4, -0.2) is 30.0 Å². The van der Waals surface area contributed by atoms with E-state index in [0.717, 1.165) is 28.1 Å². The minimum absolute atomic E-state index is 0. The molecule has 0 radical (unpaired) electrons. The molecule has 1 aromatic rings. The van der Waals surface area contributed by atoms with E-state index in [-0.39, 0.29) is 24.4 Å². The summed E-state index contributed by atoms with van der Waals surface area (Å²) in [5.41, 5.74) is 1.11. The van der Waals surface area contributed by atoms with Crippen LogP contribution in [0.3, 0.4) is 0 Å². The van der Waals surface area contributed by atoms with Crippen LogP contribution in [0.25, 0.3) is 0 Å². The Morgan fingerprint density at radius 1 is 1.55 bits per heavy atom. The molecule has 1 aromatic carbocycles. The number of nitrogens with one attached hydrogen (secondary N) is 2. The number of amides is 1. The Kier molecular flexibility index (Phi) is 7.95. The van der Waals surface area contributed by atoms with E-state index in [1.165, 1.54) is 0 Å². The first-order valence-electron chi connectivity index (χ1n) is 6.51. The maximum absolute atomic E-state index is 12.0. The van der Waals surface area contributed by atoms with Crippen molar-refractivity contribution in [3.63, 3.8) is 0 Å². The number of hydrogen-bond acceptors (Lipinski definition) is 3. The zero-order valence-electron chi connectivity index (χ0n) is 11.4. The first-order chi connectivity index (χ1) is 9.16. The standard InChI is InChI=1S/C14H19BrN2OS.ClH/c1-10(12-4-2-3-5-13(12)15)17-14(18)8-11-9-19-7-6-16-11;/h2-5,10-11,16H,6-9H2,1H3,(H,17,18);1H. The van der Waals surface area contributed by atoms with Gasteiger partial charge in [0.25, 0.3) is 0 Å². The highest BCUT2D eigenvalue weighted by atomic mass is 79.9. The van der Waals surface area contributed by atoms with Gasteiger partial charge in [-0.15, -0.1) is 12.4 Å². The summed E-state index contributed by atoms with van der Waals surface area (Å²) >= 11 is 5.43. The Labute approximate surface area is 139 Å². The van der Waals surface area contributed by atoms with Crippen molar-refractivity contribution in [1.82, 2.24) is 10.6 Å². The smallest absolute Gasteiger partial charge is 0.222 e. The zero-order chi connectivity index (χ0) is 13.7.